The van der Waals surface area contributed by atoms with E-state index < -0.39 is 0 Å². The van der Waals surface area contributed by atoms with Crippen LogP contribution in [0.1, 0.15) is 52.2 Å². The van der Waals surface area contributed by atoms with E-state index in [0.29, 0.717) is 12.5 Å². The summed E-state index contributed by atoms with van der Waals surface area (Å²) in [5, 5.41) is 0. The zero-order valence-corrected chi connectivity index (χ0v) is 13.1. The second-order valence-corrected chi connectivity index (χ2v) is 6.40. The quantitative estimate of drug-likeness (QED) is 0.844. The molecule has 0 aromatic heterocycles. The molecule has 0 amide bonds. The molecule has 0 aliphatic heterocycles. The van der Waals surface area contributed by atoms with Crippen LogP contribution in [0, 0.1) is 5.92 Å². The minimum absolute atomic E-state index is 0.109. The van der Waals surface area contributed by atoms with E-state index in [2.05, 4.69) is 45.9 Å². The van der Waals surface area contributed by atoms with E-state index in [0.717, 1.165) is 25.1 Å². The van der Waals surface area contributed by atoms with Crippen LogP contribution in [0.2, 0.25) is 0 Å². The van der Waals surface area contributed by atoms with Gasteiger partial charge in [-0.25, -0.2) is 0 Å². The summed E-state index contributed by atoms with van der Waals surface area (Å²) >= 11 is 0. The molecule has 0 heterocycles. The van der Waals surface area contributed by atoms with Gasteiger partial charge in [-0.3, -0.25) is 0 Å². The largest absolute Gasteiger partial charge is 0.494 e. The molecule has 1 rings (SSSR count). The van der Waals surface area contributed by atoms with Crippen LogP contribution in [0.15, 0.2) is 18.2 Å². The van der Waals surface area contributed by atoms with Crippen LogP contribution in [0.25, 0.3) is 0 Å². The highest BCUT2D eigenvalue weighted by molar-refractivity contribution is 5.41. The highest BCUT2D eigenvalue weighted by atomic mass is 16.5. The Morgan fingerprint density at radius 2 is 1.95 bits per heavy atom. The molecular weight excluding hydrogens is 234 g/mol. The Balaban J connectivity index is 2.98. The maximum absolute atomic E-state index is 5.75. The van der Waals surface area contributed by atoms with Gasteiger partial charge in [-0.15, -0.1) is 0 Å². The van der Waals surface area contributed by atoms with Gasteiger partial charge >= 0.3 is 0 Å². The molecule has 0 spiro atoms. The van der Waals surface area contributed by atoms with Crippen molar-refractivity contribution in [3.05, 3.63) is 29.3 Å². The van der Waals surface area contributed by atoms with Crippen LogP contribution in [-0.2, 0) is 11.8 Å². The summed E-state index contributed by atoms with van der Waals surface area (Å²) in [4.78, 5) is 0. The molecule has 2 N–H and O–H groups in total. The average Bonchev–Trinajstić information content (AvgIpc) is 2.30. The van der Waals surface area contributed by atoms with Gasteiger partial charge < -0.3 is 10.5 Å². The molecule has 0 bridgehead atoms. The molecular formula is C17H29NO. The molecule has 0 aliphatic rings. The Kier molecular flexibility index (Phi) is 5.86. The fourth-order valence-corrected chi connectivity index (χ4v) is 2.36. The lowest BCUT2D eigenvalue weighted by molar-refractivity contribution is 0.329. The molecule has 2 nitrogen and oxygen atoms in total. The molecule has 0 saturated carbocycles. The molecule has 0 aliphatic carbocycles. The van der Waals surface area contributed by atoms with Gasteiger partial charge in [0.25, 0.3) is 0 Å². The lowest BCUT2D eigenvalue weighted by Gasteiger charge is -2.24. The average molecular weight is 263 g/mol. The second-order valence-electron chi connectivity index (χ2n) is 6.40. The zero-order chi connectivity index (χ0) is 14.5. The molecule has 108 valence electrons. The number of hydrogen-bond donors (Lipinski definition) is 1. The van der Waals surface area contributed by atoms with Crippen molar-refractivity contribution < 1.29 is 4.74 Å². The first-order valence-electron chi connectivity index (χ1n) is 7.34. The van der Waals surface area contributed by atoms with Crippen LogP contribution >= 0.6 is 0 Å². The number of hydrogen-bond acceptors (Lipinski definition) is 2. The Labute approximate surface area is 118 Å². The molecule has 1 aromatic rings. The van der Waals surface area contributed by atoms with Crippen LogP contribution in [-0.4, -0.2) is 13.2 Å². The maximum atomic E-state index is 5.75. The van der Waals surface area contributed by atoms with Crippen molar-refractivity contribution in [1.82, 2.24) is 0 Å². The fraction of sp³-hybridized carbons (Fsp3) is 0.647. The summed E-state index contributed by atoms with van der Waals surface area (Å²) in [6.07, 6.45) is 2.17. The first-order chi connectivity index (χ1) is 8.88. The maximum Gasteiger partial charge on any atom is 0.123 e. The van der Waals surface area contributed by atoms with Crippen molar-refractivity contribution >= 4 is 0 Å². The molecule has 0 fully saturated rings. The molecule has 1 unspecified atom stereocenters. The van der Waals surface area contributed by atoms with E-state index >= 15 is 0 Å². The van der Waals surface area contributed by atoms with Crippen LogP contribution in [0.3, 0.4) is 0 Å². The number of nitrogens with two attached hydrogens (primary N) is 1. The summed E-state index contributed by atoms with van der Waals surface area (Å²) < 4.78 is 5.75. The zero-order valence-electron chi connectivity index (χ0n) is 13.1. The van der Waals surface area contributed by atoms with Gasteiger partial charge in [-0.2, -0.15) is 0 Å². The molecule has 19 heavy (non-hydrogen) atoms. The number of rotatable bonds is 6. The van der Waals surface area contributed by atoms with Gasteiger partial charge in [-0.1, -0.05) is 39.8 Å². The second kappa shape index (κ2) is 6.95. The Morgan fingerprint density at radius 1 is 1.26 bits per heavy atom. The first-order valence-corrected chi connectivity index (χ1v) is 7.34. The van der Waals surface area contributed by atoms with Gasteiger partial charge in [0.1, 0.15) is 5.75 Å². The highest BCUT2D eigenvalue weighted by Crippen LogP contribution is 2.32. The van der Waals surface area contributed by atoms with E-state index in [4.69, 9.17) is 10.5 Å². The van der Waals surface area contributed by atoms with Crippen molar-refractivity contribution in [2.24, 2.45) is 11.7 Å². The first kappa shape index (κ1) is 16.0. The van der Waals surface area contributed by atoms with E-state index in [1.165, 1.54) is 11.1 Å². The molecule has 0 saturated heterocycles. The summed E-state index contributed by atoms with van der Waals surface area (Å²) in [5.41, 5.74) is 8.42. The molecule has 1 atom stereocenters. The van der Waals surface area contributed by atoms with E-state index in [1.807, 2.05) is 6.92 Å². The van der Waals surface area contributed by atoms with E-state index in [9.17, 15) is 0 Å². The van der Waals surface area contributed by atoms with Gasteiger partial charge in [-0.05, 0) is 54.8 Å². The molecule has 1 aromatic carbocycles. The van der Waals surface area contributed by atoms with Gasteiger partial charge in [0.05, 0.1) is 6.61 Å². The SMILES string of the molecule is CCOc1ccc(CC(C)CCN)cc1C(C)(C)C. The minimum Gasteiger partial charge on any atom is -0.494 e. The topological polar surface area (TPSA) is 35.2 Å². The third kappa shape index (κ3) is 4.87. The fourth-order valence-electron chi connectivity index (χ4n) is 2.36. The number of benzene rings is 1. The van der Waals surface area contributed by atoms with E-state index in [-0.39, 0.29) is 5.41 Å². The van der Waals surface area contributed by atoms with Crippen molar-refractivity contribution in [3.8, 4) is 5.75 Å². The monoisotopic (exact) mass is 263 g/mol. The standard InChI is InChI=1S/C17H29NO/c1-6-19-16-8-7-14(11-13(2)9-10-18)12-15(16)17(3,4)5/h7-8,12-13H,6,9-11,18H2,1-5H3. The Morgan fingerprint density at radius 3 is 2.47 bits per heavy atom. The predicted octanol–water partition coefficient (Wildman–Crippen LogP) is 3.91. The summed E-state index contributed by atoms with van der Waals surface area (Å²) in [6, 6.07) is 6.61. The summed E-state index contributed by atoms with van der Waals surface area (Å²) in [6.45, 7) is 12.5. The summed E-state index contributed by atoms with van der Waals surface area (Å²) in [5.74, 6) is 1.65. The molecule has 0 radical (unpaired) electrons. The Hall–Kier alpha value is -1.02. The minimum atomic E-state index is 0.109. The smallest absolute Gasteiger partial charge is 0.123 e. The third-order valence-corrected chi connectivity index (χ3v) is 3.40. The van der Waals surface area contributed by atoms with Crippen molar-refractivity contribution in [2.75, 3.05) is 13.2 Å². The third-order valence-electron chi connectivity index (χ3n) is 3.40. The lowest BCUT2D eigenvalue weighted by atomic mass is 9.84. The van der Waals surface area contributed by atoms with Gasteiger partial charge in [0.2, 0.25) is 0 Å². The summed E-state index contributed by atoms with van der Waals surface area (Å²) in [7, 11) is 0. The molecule has 2 heteroatoms. The van der Waals surface area contributed by atoms with Crippen molar-refractivity contribution in [3.63, 3.8) is 0 Å². The van der Waals surface area contributed by atoms with Crippen LogP contribution in [0.4, 0.5) is 0 Å². The van der Waals surface area contributed by atoms with Crippen molar-refractivity contribution in [2.45, 2.75) is 52.9 Å². The predicted molar refractivity (Wildman–Crippen MR) is 82.9 cm³/mol. The van der Waals surface area contributed by atoms with Crippen LogP contribution in [0.5, 0.6) is 5.75 Å². The highest BCUT2D eigenvalue weighted by Gasteiger charge is 2.19. The lowest BCUT2D eigenvalue weighted by Crippen LogP contribution is -2.15. The normalized spacial score (nSPS) is 13.4. The van der Waals surface area contributed by atoms with E-state index in [1.54, 1.807) is 0 Å². The van der Waals surface area contributed by atoms with Gasteiger partial charge in [0.15, 0.2) is 0 Å². The van der Waals surface area contributed by atoms with Crippen molar-refractivity contribution in [1.29, 1.82) is 0 Å². The Bertz CT molecular complexity index is 393. The number of ether oxygens (including phenoxy) is 1. The van der Waals surface area contributed by atoms with Gasteiger partial charge in [0, 0.05) is 0 Å². The van der Waals surface area contributed by atoms with Crippen LogP contribution < -0.4 is 10.5 Å².